The van der Waals surface area contributed by atoms with E-state index >= 15 is 0 Å². The average molecular weight is 337 g/mol. The third kappa shape index (κ3) is 6.97. The Bertz CT molecular complexity index is 528. The number of rotatable bonds is 11. The van der Waals surface area contributed by atoms with Crippen LogP contribution in [-0.2, 0) is 19.1 Å². The quantitative estimate of drug-likeness (QED) is 0.379. The van der Waals surface area contributed by atoms with Crippen LogP contribution in [0.1, 0.15) is 31.2 Å². The number of carboxylic acids is 1. The van der Waals surface area contributed by atoms with Crippen molar-refractivity contribution in [3.63, 3.8) is 0 Å². The number of oxime groups is 1. The molecule has 7 heteroatoms. The van der Waals surface area contributed by atoms with Crippen LogP contribution in [0, 0.1) is 0 Å². The maximum absolute atomic E-state index is 10.4. The predicted octanol–water partition coefficient (Wildman–Crippen LogP) is 2.43. The molecule has 0 bridgehead atoms. The number of nitrogens with zero attached hydrogens (tertiary/aromatic N) is 1. The van der Waals surface area contributed by atoms with E-state index in [1.54, 1.807) is 6.21 Å². The molecule has 0 amide bonds. The first kappa shape index (κ1) is 18.2. The fraction of sp³-hybridized carbons (Fsp3) is 0.529. The third-order valence-corrected chi connectivity index (χ3v) is 3.38. The lowest BCUT2D eigenvalue weighted by Gasteiger charge is -2.12. The van der Waals surface area contributed by atoms with E-state index in [0.717, 1.165) is 18.4 Å². The van der Waals surface area contributed by atoms with Gasteiger partial charge in [0.2, 0.25) is 0 Å². The second kappa shape index (κ2) is 10.6. The van der Waals surface area contributed by atoms with Crippen molar-refractivity contribution < 1.29 is 28.9 Å². The first-order chi connectivity index (χ1) is 11.8. The second-order valence-corrected chi connectivity index (χ2v) is 5.29. The molecule has 1 aromatic carbocycles. The molecule has 0 saturated carbocycles. The zero-order valence-corrected chi connectivity index (χ0v) is 13.6. The number of carboxylic acid groups (broad SMARTS) is 1. The van der Waals surface area contributed by atoms with E-state index in [4.69, 9.17) is 24.2 Å². The molecule has 1 aliphatic heterocycles. The highest BCUT2D eigenvalue weighted by Gasteiger charge is 2.16. The number of unbranched alkanes of at least 4 members (excludes halogenated alkanes) is 2. The van der Waals surface area contributed by atoms with Crippen molar-refractivity contribution in [2.24, 2.45) is 5.16 Å². The molecule has 132 valence electrons. The van der Waals surface area contributed by atoms with Crippen LogP contribution in [0.5, 0.6) is 5.75 Å². The van der Waals surface area contributed by atoms with Crippen molar-refractivity contribution in [1.29, 1.82) is 0 Å². The van der Waals surface area contributed by atoms with E-state index in [0.29, 0.717) is 38.6 Å². The Kier molecular flexibility index (Phi) is 8.06. The van der Waals surface area contributed by atoms with Crippen molar-refractivity contribution in [2.45, 2.75) is 32.0 Å². The number of aliphatic carboxylic acids is 1. The Morgan fingerprint density at radius 2 is 2.04 bits per heavy atom. The number of hydrogen-bond acceptors (Lipinski definition) is 6. The van der Waals surface area contributed by atoms with Gasteiger partial charge in [-0.25, -0.2) is 0 Å². The minimum absolute atomic E-state index is 0.197. The van der Waals surface area contributed by atoms with Crippen molar-refractivity contribution >= 4 is 12.2 Å². The van der Waals surface area contributed by atoms with Crippen LogP contribution < -0.4 is 4.74 Å². The van der Waals surface area contributed by atoms with Crippen LogP contribution in [0.2, 0.25) is 0 Å². The van der Waals surface area contributed by atoms with Gasteiger partial charge in [0.15, 0.2) is 6.29 Å². The van der Waals surface area contributed by atoms with Gasteiger partial charge in [-0.1, -0.05) is 17.3 Å². The van der Waals surface area contributed by atoms with Crippen molar-refractivity contribution in [3.8, 4) is 5.75 Å². The van der Waals surface area contributed by atoms with E-state index in [2.05, 4.69) is 5.16 Å². The summed E-state index contributed by atoms with van der Waals surface area (Å²) in [5.41, 5.74) is 0.807. The van der Waals surface area contributed by atoms with Crippen molar-refractivity contribution in [1.82, 2.24) is 0 Å². The summed E-state index contributed by atoms with van der Waals surface area (Å²) in [4.78, 5) is 15.6. The monoisotopic (exact) mass is 337 g/mol. The highest BCUT2D eigenvalue weighted by molar-refractivity contribution is 5.83. The summed E-state index contributed by atoms with van der Waals surface area (Å²) in [6.07, 6.45) is 3.72. The van der Waals surface area contributed by atoms with Gasteiger partial charge in [0, 0.05) is 12.0 Å². The van der Waals surface area contributed by atoms with Crippen LogP contribution in [0.15, 0.2) is 29.4 Å². The summed E-state index contributed by atoms with van der Waals surface area (Å²) in [5.74, 6) is -0.0793. The molecule has 2 rings (SSSR count). The molecular weight excluding hydrogens is 314 g/mol. The summed E-state index contributed by atoms with van der Waals surface area (Å²) in [7, 11) is 0. The summed E-state index contributed by atoms with van der Waals surface area (Å²) in [5, 5.41) is 12.5. The molecule has 0 aliphatic carbocycles. The minimum atomic E-state index is -0.765. The molecular formula is C17H23NO6. The summed E-state index contributed by atoms with van der Waals surface area (Å²) < 4.78 is 16.4. The summed E-state index contributed by atoms with van der Waals surface area (Å²) in [6.45, 7) is 1.98. The molecule has 1 fully saturated rings. The Labute approximate surface area is 141 Å². The normalized spacial score (nSPS) is 15.0. The van der Waals surface area contributed by atoms with Crippen LogP contribution in [-0.4, -0.2) is 50.0 Å². The standard InChI is InChI=1S/C17H23NO6/c19-16(20)8-2-1-5-9-24-18-12-14-6-3-4-7-15(14)23-13-17-21-10-11-22-17/h3-4,6-7,12,17H,1-2,5,8-11,13H2,(H,19,20)/b18-12-. The Hall–Kier alpha value is -2.12. The van der Waals surface area contributed by atoms with E-state index < -0.39 is 5.97 Å². The van der Waals surface area contributed by atoms with Gasteiger partial charge in [-0.3, -0.25) is 4.79 Å². The van der Waals surface area contributed by atoms with E-state index in [1.165, 1.54) is 0 Å². The molecule has 1 N–H and O–H groups in total. The Balaban J connectivity index is 1.68. The third-order valence-electron chi connectivity index (χ3n) is 3.38. The topological polar surface area (TPSA) is 86.6 Å². The molecule has 0 radical (unpaired) electrons. The molecule has 1 heterocycles. The van der Waals surface area contributed by atoms with Gasteiger partial charge >= 0.3 is 5.97 Å². The fourth-order valence-electron chi connectivity index (χ4n) is 2.15. The van der Waals surface area contributed by atoms with Crippen molar-refractivity contribution in [3.05, 3.63) is 29.8 Å². The lowest BCUT2D eigenvalue weighted by atomic mass is 10.2. The van der Waals surface area contributed by atoms with E-state index in [1.807, 2.05) is 24.3 Å². The molecule has 0 atom stereocenters. The average Bonchev–Trinajstić information content (AvgIpc) is 3.09. The van der Waals surface area contributed by atoms with Gasteiger partial charge in [0.1, 0.15) is 19.0 Å². The van der Waals surface area contributed by atoms with Crippen LogP contribution >= 0.6 is 0 Å². The van der Waals surface area contributed by atoms with Crippen LogP contribution in [0.25, 0.3) is 0 Å². The van der Waals surface area contributed by atoms with Gasteiger partial charge < -0.3 is 24.2 Å². The SMILES string of the molecule is O=C(O)CCCCCO/N=C\c1ccccc1OCC1OCCO1. The Morgan fingerprint density at radius 1 is 1.25 bits per heavy atom. The van der Waals surface area contributed by atoms with Crippen LogP contribution in [0.4, 0.5) is 0 Å². The van der Waals surface area contributed by atoms with Crippen LogP contribution in [0.3, 0.4) is 0 Å². The van der Waals surface area contributed by atoms with Gasteiger partial charge in [-0.05, 0) is 31.4 Å². The predicted molar refractivity (Wildman–Crippen MR) is 87.3 cm³/mol. The maximum atomic E-state index is 10.4. The molecule has 1 aliphatic rings. The molecule has 1 saturated heterocycles. The lowest BCUT2D eigenvalue weighted by molar-refractivity contribution is -0.137. The molecule has 7 nitrogen and oxygen atoms in total. The largest absolute Gasteiger partial charge is 0.488 e. The van der Waals surface area contributed by atoms with Gasteiger partial charge in [-0.15, -0.1) is 0 Å². The lowest BCUT2D eigenvalue weighted by Crippen LogP contribution is -2.18. The van der Waals surface area contributed by atoms with Crippen molar-refractivity contribution in [2.75, 3.05) is 26.4 Å². The number of hydrogen-bond donors (Lipinski definition) is 1. The highest BCUT2D eigenvalue weighted by Crippen LogP contribution is 2.17. The smallest absolute Gasteiger partial charge is 0.303 e. The highest BCUT2D eigenvalue weighted by atomic mass is 16.7. The zero-order valence-electron chi connectivity index (χ0n) is 13.6. The molecule has 0 aromatic heterocycles. The summed E-state index contributed by atoms with van der Waals surface area (Å²) in [6, 6.07) is 7.50. The minimum Gasteiger partial charge on any atom is -0.488 e. The maximum Gasteiger partial charge on any atom is 0.303 e. The van der Waals surface area contributed by atoms with E-state index in [-0.39, 0.29) is 12.7 Å². The number of carbonyl (C=O) groups is 1. The molecule has 0 unspecified atom stereocenters. The van der Waals surface area contributed by atoms with Gasteiger partial charge in [0.05, 0.1) is 19.4 Å². The molecule has 0 spiro atoms. The zero-order chi connectivity index (χ0) is 17.0. The first-order valence-electron chi connectivity index (χ1n) is 8.08. The number of ether oxygens (including phenoxy) is 3. The van der Waals surface area contributed by atoms with Gasteiger partial charge in [0.25, 0.3) is 0 Å². The Morgan fingerprint density at radius 3 is 2.83 bits per heavy atom. The number of benzene rings is 1. The molecule has 24 heavy (non-hydrogen) atoms. The summed E-state index contributed by atoms with van der Waals surface area (Å²) >= 11 is 0. The first-order valence-corrected chi connectivity index (χ1v) is 8.08. The number of para-hydroxylation sites is 1. The van der Waals surface area contributed by atoms with Gasteiger partial charge in [-0.2, -0.15) is 0 Å². The second-order valence-electron chi connectivity index (χ2n) is 5.29. The molecule has 1 aromatic rings. The van der Waals surface area contributed by atoms with E-state index in [9.17, 15) is 4.79 Å². The fourth-order valence-corrected chi connectivity index (χ4v) is 2.15.